The van der Waals surface area contributed by atoms with Gasteiger partial charge >= 0.3 is 0 Å². The van der Waals surface area contributed by atoms with Gasteiger partial charge in [0.15, 0.2) is 0 Å². The number of nitrogens with one attached hydrogen (secondary N) is 2. The fourth-order valence-corrected chi connectivity index (χ4v) is 4.52. The molecule has 0 radical (unpaired) electrons. The Morgan fingerprint density at radius 1 is 1.23 bits per heavy atom. The monoisotopic (exact) mass is 350 g/mol. The number of rotatable bonds is 4. The standard InChI is InChI=1S/C15H23FN2O2S.ClH/c1-11-8-13(16)9-12(2)14(11)21(19,20)18-10-15(3)4-6-17-7-5-15;/h8-9,17-18H,4-7,10H2,1-3H3;1H. The van der Waals surface area contributed by atoms with Crippen LogP contribution in [0.4, 0.5) is 4.39 Å². The maximum Gasteiger partial charge on any atom is 0.241 e. The Hall–Kier alpha value is -0.690. The molecule has 0 amide bonds. The second kappa shape index (κ2) is 7.25. The molecule has 1 aliphatic heterocycles. The third-order valence-electron chi connectivity index (χ3n) is 4.19. The minimum Gasteiger partial charge on any atom is -0.317 e. The van der Waals surface area contributed by atoms with Crippen LogP contribution in [-0.4, -0.2) is 28.1 Å². The molecule has 1 aromatic rings. The summed E-state index contributed by atoms with van der Waals surface area (Å²) in [5.74, 6) is -0.408. The number of hydrogen-bond donors (Lipinski definition) is 2. The summed E-state index contributed by atoms with van der Waals surface area (Å²) in [6.45, 7) is 7.57. The number of benzene rings is 1. The minimum atomic E-state index is -3.61. The van der Waals surface area contributed by atoms with Crippen LogP contribution >= 0.6 is 12.4 Å². The van der Waals surface area contributed by atoms with Gasteiger partial charge in [-0.1, -0.05) is 6.92 Å². The Morgan fingerprint density at radius 2 is 1.73 bits per heavy atom. The summed E-state index contributed by atoms with van der Waals surface area (Å²) < 4.78 is 41.1. The molecule has 1 heterocycles. The van der Waals surface area contributed by atoms with E-state index in [1.54, 1.807) is 13.8 Å². The number of sulfonamides is 1. The first-order valence-corrected chi connectivity index (χ1v) is 8.69. The first-order valence-electron chi connectivity index (χ1n) is 7.21. The van der Waals surface area contributed by atoms with Crippen molar-refractivity contribution in [1.29, 1.82) is 0 Å². The number of halogens is 2. The van der Waals surface area contributed by atoms with Crippen molar-refractivity contribution < 1.29 is 12.8 Å². The van der Waals surface area contributed by atoms with Crippen LogP contribution in [0.1, 0.15) is 30.9 Å². The van der Waals surface area contributed by atoms with E-state index in [0.29, 0.717) is 17.7 Å². The van der Waals surface area contributed by atoms with Gasteiger partial charge in [-0.2, -0.15) is 0 Å². The summed E-state index contributed by atoms with van der Waals surface area (Å²) in [5.41, 5.74) is 0.853. The van der Waals surface area contributed by atoms with E-state index in [9.17, 15) is 12.8 Å². The van der Waals surface area contributed by atoms with Gasteiger partial charge in [-0.3, -0.25) is 0 Å². The van der Waals surface area contributed by atoms with Crippen molar-refractivity contribution in [2.75, 3.05) is 19.6 Å². The van der Waals surface area contributed by atoms with Crippen molar-refractivity contribution in [1.82, 2.24) is 10.0 Å². The van der Waals surface area contributed by atoms with E-state index in [-0.39, 0.29) is 22.7 Å². The third-order valence-corrected chi connectivity index (χ3v) is 5.90. The molecule has 0 spiro atoms. The second-order valence-electron chi connectivity index (χ2n) is 6.25. The van der Waals surface area contributed by atoms with E-state index in [0.717, 1.165) is 25.9 Å². The lowest BCUT2D eigenvalue weighted by atomic mass is 9.81. The predicted molar refractivity (Wildman–Crippen MR) is 88.5 cm³/mol. The van der Waals surface area contributed by atoms with Crippen LogP contribution in [0, 0.1) is 25.1 Å². The van der Waals surface area contributed by atoms with Crippen LogP contribution in [0.2, 0.25) is 0 Å². The summed E-state index contributed by atoms with van der Waals surface area (Å²) in [5, 5.41) is 3.27. The van der Waals surface area contributed by atoms with Crippen LogP contribution in [0.3, 0.4) is 0 Å². The highest BCUT2D eigenvalue weighted by molar-refractivity contribution is 7.89. The molecule has 1 aromatic carbocycles. The van der Waals surface area contributed by atoms with E-state index >= 15 is 0 Å². The van der Waals surface area contributed by atoms with Gasteiger partial charge in [0.25, 0.3) is 0 Å². The van der Waals surface area contributed by atoms with Crippen LogP contribution in [0.15, 0.2) is 17.0 Å². The average molecular weight is 351 g/mol. The second-order valence-corrected chi connectivity index (χ2v) is 7.96. The van der Waals surface area contributed by atoms with Gasteiger partial charge in [0.2, 0.25) is 10.0 Å². The van der Waals surface area contributed by atoms with E-state index in [2.05, 4.69) is 17.0 Å². The van der Waals surface area contributed by atoms with E-state index in [1.165, 1.54) is 12.1 Å². The van der Waals surface area contributed by atoms with Crippen LogP contribution in [-0.2, 0) is 10.0 Å². The molecule has 2 rings (SSSR count). The average Bonchev–Trinajstić information content (AvgIpc) is 2.36. The van der Waals surface area contributed by atoms with Crippen molar-refractivity contribution in [2.24, 2.45) is 5.41 Å². The number of piperidine rings is 1. The fraction of sp³-hybridized carbons (Fsp3) is 0.600. The third kappa shape index (κ3) is 4.41. The number of aryl methyl sites for hydroxylation is 2. The topological polar surface area (TPSA) is 58.2 Å². The molecule has 22 heavy (non-hydrogen) atoms. The molecule has 2 N–H and O–H groups in total. The van der Waals surface area contributed by atoms with E-state index < -0.39 is 15.8 Å². The summed E-state index contributed by atoms with van der Waals surface area (Å²) >= 11 is 0. The van der Waals surface area contributed by atoms with Crippen molar-refractivity contribution in [3.63, 3.8) is 0 Å². The molecule has 0 bridgehead atoms. The van der Waals surface area contributed by atoms with Crippen molar-refractivity contribution in [3.8, 4) is 0 Å². The smallest absolute Gasteiger partial charge is 0.241 e. The first-order chi connectivity index (χ1) is 9.73. The Morgan fingerprint density at radius 3 is 2.23 bits per heavy atom. The minimum absolute atomic E-state index is 0. The first kappa shape index (κ1) is 19.4. The van der Waals surface area contributed by atoms with Gasteiger partial charge in [-0.05, 0) is 68.5 Å². The summed E-state index contributed by atoms with van der Waals surface area (Å²) in [7, 11) is -3.61. The van der Waals surface area contributed by atoms with Gasteiger partial charge in [-0.25, -0.2) is 17.5 Å². The number of hydrogen-bond acceptors (Lipinski definition) is 3. The van der Waals surface area contributed by atoms with Crippen molar-refractivity contribution in [2.45, 2.75) is 38.5 Å². The lowest BCUT2D eigenvalue weighted by Gasteiger charge is -2.34. The molecule has 126 valence electrons. The molecule has 4 nitrogen and oxygen atoms in total. The quantitative estimate of drug-likeness (QED) is 0.877. The molecule has 1 fully saturated rings. The zero-order valence-electron chi connectivity index (χ0n) is 13.2. The highest BCUT2D eigenvalue weighted by Gasteiger charge is 2.29. The molecule has 7 heteroatoms. The lowest BCUT2D eigenvalue weighted by Crippen LogP contribution is -2.43. The molecular formula is C15H24ClFN2O2S. The Labute approximate surface area is 138 Å². The maximum absolute atomic E-state index is 13.3. The zero-order chi connectivity index (χ0) is 15.7. The van der Waals surface area contributed by atoms with Gasteiger partial charge in [0, 0.05) is 6.54 Å². The predicted octanol–water partition coefficient (Wildman–Crippen LogP) is 2.53. The zero-order valence-corrected chi connectivity index (χ0v) is 14.8. The Kier molecular flexibility index (Phi) is 6.38. The van der Waals surface area contributed by atoms with Crippen molar-refractivity contribution >= 4 is 22.4 Å². The molecular weight excluding hydrogens is 327 g/mol. The van der Waals surface area contributed by atoms with E-state index in [4.69, 9.17) is 0 Å². The highest BCUT2D eigenvalue weighted by Crippen LogP contribution is 2.28. The van der Waals surface area contributed by atoms with E-state index in [1.807, 2.05) is 0 Å². The Balaban J connectivity index is 0.00000242. The van der Waals surface area contributed by atoms with Gasteiger partial charge < -0.3 is 5.32 Å². The lowest BCUT2D eigenvalue weighted by molar-refractivity contribution is 0.232. The summed E-state index contributed by atoms with van der Waals surface area (Å²) in [4.78, 5) is 0.196. The SMILES string of the molecule is Cc1cc(F)cc(C)c1S(=O)(=O)NCC1(C)CCNCC1.Cl. The summed E-state index contributed by atoms with van der Waals surface area (Å²) in [6, 6.07) is 2.52. The normalized spacial score (nSPS) is 17.8. The van der Waals surface area contributed by atoms with Gasteiger partial charge in [0.05, 0.1) is 4.90 Å². The Bertz CT molecular complexity index is 605. The molecule has 0 atom stereocenters. The van der Waals surface area contributed by atoms with Crippen LogP contribution in [0.5, 0.6) is 0 Å². The largest absolute Gasteiger partial charge is 0.317 e. The van der Waals surface area contributed by atoms with Crippen LogP contribution in [0.25, 0.3) is 0 Å². The molecule has 1 aliphatic rings. The van der Waals surface area contributed by atoms with Gasteiger partial charge in [-0.15, -0.1) is 12.4 Å². The van der Waals surface area contributed by atoms with Crippen LogP contribution < -0.4 is 10.0 Å². The molecule has 0 aromatic heterocycles. The van der Waals surface area contributed by atoms with Crippen molar-refractivity contribution in [3.05, 3.63) is 29.1 Å². The highest BCUT2D eigenvalue weighted by atomic mass is 35.5. The summed E-state index contributed by atoms with van der Waals surface area (Å²) in [6.07, 6.45) is 1.88. The molecule has 0 saturated carbocycles. The fourth-order valence-electron chi connectivity index (χ4n) is 2.87. The maximum atomic E-state index is 13.3. The molecule has 0 unspecified atom stereocenters. The molecule has 0 aliphatic carbocycles. The molecule has 1 saturated heterocycles. The van der Waals surface area contributed by atoms with Gasteiger partial charge in [0.1, 0.15) is 5.82 Å².